The number of hydrogen-bond acceptors (Lipinski definition) is 6. The number of nitrogens with zero attached hydrogens (tertiary/aromatic N) is 2. The highest BCUT2D eigenvalue weighted by Crippen LogP contribution is 2.28. The molecular weight excluding hydrogens is 270 g/mol. The summed E-state index contributed by atoms with van der Waals surface area (Å²) >= 11 is 0. The molecule has 1 N–H and O–H groups in total. The molecule has 6 heteroatoms. The summed E-state index contributed by atoms with van der Waals surface area (Å²) in [6.45, 7) is 0. The van der Waals surface area contributed by atoms with E-state index in [1.165, 1.54) is 0 Å². The summed E-state index contributed by atoms with van der Waals surface area (Å²) in [5.41, 5.74) is 1.12. The Bertz CT molecular complexity index is 699. The number of anilines is 1. The van der Waals surface area contributed by atoms with E-state index in [2.05, 4.69) is 10.3 Å². The number of nitrogens with one attached hydrogen (secondary N) is 1. The average molecular weight is 285 g/mol. The van der Waals surface area contributed by atoms with Crippen molar-refractivity contribution in [1.29, 1.82) is 5.26 Å². The van der Waals surface area contributed by atoms with Crippen LogP contribution in [0, 0.1) is 11.3 Å². The van der Waals surface area contributed by atoms with Crippen molar-refractivity contribution in [1.82, 2.24) is 4.98 Å². The molecule has 1 heterocycles. The smallest absolute Gasteiger partial charge is 0.232 e. The summed E-state index contributed by atoms with van der Waals surface area (Å²) in [4.78, 5) is 4.06. The standard InChI is InChI=1S/C15H15N3O3/c1-17-15-11(9-16)18-14(21-15)7-5-10-4-6-12(19-2)13(8-10)20-3/h4-8,17H,1-3H3. The highest BCUT2D eigenvalue weighted by atomic mass is 16.5. The summed E-state index contributed by atoms with van der Waals surface area (Å²) in [5, 5.41) is 11.7. The average Bonchev–Trinajstić information content (AvgIpc) is 2.94. The predicted molar refractivity (Wildman–Crippen MR) is 79.2 cm³/mol. The maximum atomic E-state index is 8.91. The quantitative estimate of drug-likeness (QED) is 0.909. The van der Waals surface area contributed by atoms with Crippen LogP contribution in [0.3, 0.4) is 0 Å². The van der Waals surface area contributed by atoms with Crippen molar-refractivity contribution < 1.29 is 13.9 Å². The van der Waals surface area contributed by atoms with Gasteiger partial charge in [-0.2, -0.15) is 10.2 Å². The first kappa shape index (κ1) is 14.5. The number of rotatable bonds is 5. The second-order valence-corrected chi connectivity index (χ2v) is 4.04. The lowest BCUT2D eigenvalue weighted by Gasteiger charge is -2.07. The van der Waals surface area contributed by atoms with E-state index in [9.17, 15) is 0 Å². The van der Waals surface area contributed by atoms with Crippen LogP contribution >= 0.6 is 0 Å². The molecule has 0 atom stereocenters. The van der Waals surface area contributed by atoms with Gasteiger partial charge < -0.3 is 19.2 Å². The van der Waals surface area contributed by atoms with Gasteiger partial charge in [0.1, 0.15) is 6.07 Å². The fourth-order valence-electron chi connectivity index (χ4n) is 1.78. The van der Waals surface area contributed by atoms with E-state index in [-0.39, 0.29) is 5.69 Å². The highest BCUT2D eigenvalue weighted by molar-refractivity contribution is 5.68. The lowest BCUT2D eigenvalue weighted by Crippen LogP contribution is -1.90. The number of benzene rings is 1. The minimum atomic E-state index is 0.226. The molecule has 0 fully saturated rings. The van der Waals surface area contributed by atoms with Crippen LogP contribution in [-0.4, -0.2) is 26.3 Å². The van der Waals surface area contributed by atoms with Gasteiger partial charge in [-0.3, -0.25) is 0 Å². The van der Waals surface area contributed by atoms with E-state index in [0.717, 1.165) is 5.56 Å². The van der Waals surface area contributed by atoms with Gasteiger partial charge in [-0.1, -0.05) is 6.07 Å². The van der Waals surface area contributed by atoms with Crippen molar-refractivity contribution >= 4 is 18.0 Å². The molecule has 0 saturated carbocycles. The minimum Gasteiger partial charge on any atom is -0.493 e. The van der Waals surface area contributed by atoms with Gasteiger partial charge in [-0.15, -0.1) is 0 Å². The number of ether oxygens (including phenoxy) is 2. The van der Waals surface area contributed by atoms with Gasteiger partial charge in [-0.05, 0) is 23.8 Å². The molecule has 2 aromatic rings. The van der Waals surface area contributed by atoms with Crippen LogP contribution in [0.4, 0.5) is 5.88 Å². The zero-order valence-corrected chi connectivity index (χ0v) is 12.0. The number of methoxy groups -OCH3 is 2. The molecular formula is C15H15N3O3. The molecule has 2 rings (SSSR count). The largest absolute Gasteiger partial charge is 0.493 e. The van der Waals surface area contributed by atoms with E-state index >= 15 is 0 Å². The lowest BCUT2D eigenvalue weighted by molar-refractivity contribution is 0.355. The third-order valence-corrected chi connectivity index (χ3v) is 2.80. The summed E-state index contributed by atoms with van der Waals surface area (Å²) in [7, 11) is 4.84. The summed E-state index contributed by atoms with van der Waals surface area (Å²) < 4.78 is 15.8. The number of oxazole rings is 1. The third-order valence-electron chi connectivity index (χ3n) is 2.80. The second-order valence-electron chi connectivity index (χ2n) is 4.04. The van der Waals surface area contributed by atoms with Crippen LogP contribution in [0.5, 0.6) is 11.5 Å². The van der Waals surface area contributed by atoms with Crippen LogP contribution < -0.4 is 14.8 Å². The van der Waals surface area contributed by atoms with Crippen molar-refractivity contribution in [3.05, 3.63) is 35.3 Å². The van der Waals surface area contributed by atoms with Gasteiger partial charge >= 0.3 is 0 Å². The molecule has 21 heavy (non-hydrogen) atoms. The fourth-order valence-corrected chi connectivity index (χ4v) is 1.78. The molecule has 0 aliphatic rings. The lowest BCUT2D eigenvalue weighted by atomic mass is 10.2. The van der Waals surface area contributed by atoms with Gasteiger partial charge in [-0.25, -0.2) is 0 Å². The van der Waals surface area contributed by atoms with Crippen LogP contribution in [0.1, 0.15) is 17.1 Å². The molecule has 108 valence electrons. The number of hydrogen-bond donors (Lipinski definition) is 1. The normalized spacial score (nSPS) is 10.4. The van der Waals surface area contributed by atoms with E-state index < -0.39 is 0 Å². The third kappa shape index (κ3) is 3.15. The highest BCUT2D eigenvalue weighted by Gasteiger charge is 2.09. The Hall–Kier alpha value is -2.94. The SMILES string of the molecule is CNc1oc(C=Cc2ccc(OC)c(OC)c2)nc1C#N. The Balaban J connectivity index is 2.25. The maximum absolute atomic E-state index is 8.91. The maximum Gasteiger partial charge on any atom is 0.232 e. The van der Waals surface area contributed by atoms with Gasteiger partial charge in [0, 0.05) is 13.1 Å². The minimum absolute atomic E-state index is 0.226. The zero-order valence-electron chi connectivity index (χ0n) is 12.0. The monoisotopic (exact) mass is 285 g/mol. The van der Waals surface area contributed by atoms with Crippen molar-refractivity contribution in [2.45, 2.75) is 0 Å². The Morgan fingerprint density at radius 3 is 2.57 bits per heavy atom. The van der Waals surface area contributed by atoms with Gasteiger partial charge in [0.25, 0.3) is 0 Å². The second kappa shape index (κ2) is 6.48. The van der Waals surface area contributed by atoms with E-state index in [1.807, 2.05) is 30.3 Å². The Morgan fingerprint density at radius 2 is 2.00 bits per heavy atom. The van der Waals surface area contributed by atoms with Gasteiger partial charge in [0.05, 0.1) is 14.2 Å². The van der Waals surface area contributed by atoms with Crippen LogP contribution in [0.2, 0.25) is 0 Å². The first-order valence-corrected chi connectivity index (χ1v) is 6.20. The molecule has 0 bridgehead atoms. The zero-order chi connectivity index (χ0) is 15.2. The van der Waals surface area contributed by atoms with Crippen molar-refractivity contribution in [3.8, 4) is 17.6 Å². The molecule has 1 aromatic heterocycles. The molecule has 0 amide bonds. The van der Waals surface area contributed by atoms with Gasteiger partial charge in [0.2, 0.25) is 17.5 Å². The van der Waals surface area contributed by atoms with Crippen molar-refractivity contribution in [3.63, 3.8) is 0 Å². The van der Waals surface area contributed by atoms with E-state index in [1.54, 1.807) is 27.3 Å². The van der Waals surface area contributed by atoms with Crippen LogP contribution in [-0.2, 0) is 0 Å². The van der Waals surface area contributed by atoms with Crippen molar-refractivity contribution in [2.24, 2.45) is 0 Å². The van der Waals surface area contributed by atoms with Crippen molar-refractivity contribution in [2.75, 3.05) is 26.6 Å². The van der Waals surface area contributed by atoms with Gasteiger partial charge in [0.15, 0.2) is 11.5 Å². The van der Waals surface area contributed by atoms with Crippen LogP contribution in [0.15, 0.2) is 22.6 Å². The number of aromatic nitrogens is 1. The Morgan fingerprint density at radius 1 is 1.24 bits per heavy atom. The fraction of sp³-hybridized carbons (Fsp3) is 0.200. The first-order valence-electron chi connectivity index (χ1n) is 6.20. The summed E-state index contributed by atoms with van der Waals surface area (Å²) in [6, 6.07) is 7.49. The Labute approximate surface area is 122 Å². The molecule has 1 aromatic carbocycles. The molecule has 6 nitrogen and oxygen atoms in total. The molecule has 0 saturated heterocycles. The predicted octanol–water partition coefficient (Wildman–Crippen LogP) is 2.78. The molecule has 0 spiro atoms. The first-order chi connectivity index (χ1) is 10.2. The Kier molecular flexibility index (Phi) is 4.46. The van der Waals surface area contributed by atoms with E-state index in [0.29, 0.717) is 23.3 Å². The number of nitriles is 1. The summed E-state index contributed by atoms with van der Waals surface area (Å²) in [5.74, 6) is 2.01. The molecule has 0 radical (unpaired) electrons. The summed E-state index contributed by atoms with van der Waals surface area (Å²) in [6.07, 6.45) is 3.50. The topological polar surface area (TPSA) is 80.3 Å². The van der Waals surface area contributed by atoms with E-state index in [4.69, 9.17) is 19.2 Å². The molecule has 0 unspecified atom stereocenters. The van der Waals surface area contributed by atoms with Crippen LogP contribution in [0.25, 0.3) is 12.2 Å². The molecule has 0 aliphatic carbocycles. The molecule has 0 aliphatic heterocycles.